The molecule has 0 aromatic heterocycles. The summed E-state index contributed by atoms with van der Waals surface area (Å²) < 4.78 is 16.7. The maximum atomic E-state index is 13.0. The third-order valence-electron chi connectivity index (χ3n) is 4.63. The van der Waals surface area contributed by atoms with Crippen LogP contribution in [0.15, 0.2) is 18.2 Å². The van der Waals surface area contributed by atoms with Crippen molar-refractivity contribution in [1.82, 2.24) is 9.80 Å². The molecular weight excluding hydrogens is 348 g/mol. The highest BCUT2D eigenvalue weighted by molar-refractivity contribution is 5.97. The van der Waals surface area contributed by atoms with E-state index in [0.717, 1.165) is 12.8 Å². The molecular formula is C20H28N2O5. The second-order valence-corrected chi connectivity index (χ2v) is 7.99. The first-order chi connectivity index (χ1) is 12.8. The van der Waals surface area contributed by atoms with Gasteiger partial charge in [0.2, 0.25) is 0 Å². The summed E-state index contributed by atoms with van der Waals surface area (Å²) in [4.78, 5) is 28.8. The van der Waals surface area contributed by atoms with E-state index in [-0.39, 0.29) is 18.0 Å². The molecule has 2 amide bonds. The lowest BCUT2D eigenvalue weighted by molar-refractivity contribution is 0.0199. The zero-order valence-electron chi connectivity index (χ0n) is 16.5. The van der Waals surface area contributed by atoms with Gasteiger partial charge in [0.05, 0.1) is 11.6 Å². The van der Waals surface area contributed by atoms with Crippen molar-refractivity contribution in [2.45, 2.75) is 45.3 Å². The van der Waals surface area contributed by atoms with Gasteiger partial charge >= 0.3 is 6.09 Å². The third kappa shape index (κ3) is 4.46. The molecule has 27 heavy (non-hydrogen) atoms. The highest BCUT2D eigenvalue weighted by Gasteiger charge is 2.34. The van der Waals surface area contributed by atoms with E-state index in [4.69, 9.17) is 14.2 Å². The van der Waals surface area contributed by atoms with E-state index in [1.807, 2.05) is 20.8 Å². The number of fused-ring (bicyclic) bond motifs is 1. The van der Waals surface area contributed by atoms with Gasteiger partial charge in [-0.05, 0) is 45.7 Å². The van der Waals surface area contributed by atoms with E-state index in [0.29, 0.717) is 43.4 Å². The van der Waals surface area contributed by atoms with Gasteiger partial charge in [-0.3, -0.25) is 4.79 Å². The summed E-state index contributed by atoms with van der Waals surface area (Å²) >= 11 is 0. The van der Waals surface area contributed by atoms with Crippen LogP contribution in [0.3, 0.4) is 0 Å². The maximum Gasteiger partial charge on any atom is 0.410 e. The average molecular weight is 376 g/mol. The molecule has 1 fully saturated rings. The van der Waals surface area contributed by atoms with Crippen LogP contribution in [-0.4, -0.2) is 66.8 Å². The van der Waals surface area contributed by atoms with Crippen LogP contribution >= 0.6 is 0 Å². The number of carbonyl (C=O) groups is 2. The van der Waals surface area contributed by atoms with Crippen molar-refractivity contribution in [3.8, 4) is 11.5 Å². The second-order valence-electron chi connectivity index (χ2n) is 7.99. The number of likely N-dealkylation sites (N-methyl/N-ethyl adjacent to an activating group) is 1. The van der Waals surface area contributed by atoms with Gasteiger partial charge in [0.15, 0.2) is 11.5 Å². The van der Waals surface area contributed by atoms with Crippen LogP contribution in [0.25, 0.3) is 0 Å². The zero-order valence-corrected chi connectivity index (χ0v) is 16.5. The Morgan fingerprint density at radius 2 is 2.00 bits per heavy atom. The van der Waals surface area contributed by atoms with Gasteiger partial charge in [-0.2, -0.15) is 0 Å². The minimum absolute atomic E-state index is 0.0505. The van der Waals surface area contributed by atoms with Gasteiger partial charge in [-0.15, -0.1) is 0 Å². The Morgan fingerprint density at radius 1 is 1.26 bits per heavy atom. The van der Waals surface area contributed by atoms with Crippen LogP contribution in [0.5, 0.6) is 11.5 Å². The number of ether oxygens (including phenoxy) is 3. The van der Waals surface area contributed by atoms with Crippen molar-refractivity contribution in [2.75, 3.05) is 33.4 Å². The number of hydrogen-bond acceptors (Lipinski definition) is 5. The summed E-state index contributed by atoms with van der Waals surface area (Å²) in [5.41, 5.74) is -0.0524. The summed E-state index contributed by atoms with van der Waals surface area (Å²) in [5.74, 6) is 0.946. The number of rotatable bonds is 3. The van der Waals surface area contributed by atoms with Gasteiger partial charge in [0.1, 0.15) is 18.8 Å². The molecule has 2 heterocycles. The Balaban J connectivity index is 1.69. The van der Waals surface area contributed by atoms with Crippen molar-refractivity contribution in [1.29, 1.82) is 0 Å². The molecule has 1 atom stereocenters. The highest BCUT2D eigenvalue weighted by Crippen LogP contribution is 2.34. The number of nitrogens with zero attached hydrogens (tertiary/aromatic N) is 2. The first-order valence-corrected chi connectivity index (χ1v) is 9.40. The lowest BCUT2D eigenvalue weighted by Gasteiger charge is -2.31. The van der Waals surface area contributed by atoms with Gasteiger partial charge in [0.25, 0.3) is 5.91 Å². The van der Waals surface area contributed by atoms with E-state index in [2.05, 4.69) is 0 Å². The summed E-state index contributed by atoms with van der Waals surface area (Å²) in [6.45, 7) is 7.57. The normalized spacial score (nSPS) is 19.0. The van der Waals surface area contributed by atoms with Crippen LogP contribution in [0.2, 0.25) is 0 Å². The Labute approximate surface area is 160 Å². The minimum Gasteiger partial charge on any atom is -0.486 e. The number of likely N-dealkylation sites (tertiary alicyclic amines) is 1. The second kappa shape index (κ2) is 7.66. The topological polar surface area (TPSA) is 68.3 Å². The molecule has 0 spiro atoms. The fraction of sp³-hybridized carbons (Fsp3) is 0.600. The zero-order chi connectivity index (χ0) is 19.6. The van der Waals surface area contributed by atoms with E-state index in [1.54, 1.807) is 35.0 Å². The first kappa shape index (κ1) is 19.3. The summed E-state index contributed by atoms with van der Waals surface area (Å²) in [5, 5.41) is 0. The van der Waals surface area contributed by atoms with E-state index >= 15 is 0 Å². The monoisotopic (exact) mass is 376 g/mol. The molecule has 7 heteroatoms. The molecule has 0 saturated carbocycles. The molecule has 0 unspecified atom stereocenters. The molecule has 2 aliphatic rings. The van der Waals surface area contributed by atoms with Crippen LogP contribution in [0.4, 0.5) is 4.79 Å². The van der Waals surface area contributed by atoms with Crippen molar-refractivity contribution in [3.63, 3.8) is 0 Å². The predicted octanol–water partition coefficient (Wildman–Crippen LogP) is 2.93. The van der Waals surface area contributed by atoms with Gasteiger partial charge in [-0.1, -0.05) is 6.07 Å². The molecule has 2 aliphatic heterocycles. The predicted molar refractivity (Wildman–Crippen MR) is 100 cm³/mol. The molecule has 148 valence electrons. The summed E-state index contributed by atoms with van der Waals surface area (Å²) in [6, 6.07) is 5.28. The molecule has 0 radical (unpaired) electrons. The molecule has 7 nitrogen and oxygen atoms in total. The quantitative estimate of drug-likeness (QED) is 0.811. The third-order valence-corrected chi connectivity index (χ3v) is 4.63. The number of amides is 2. The Kier molecular flexibility index (Phi) is 5.48. The lowest BCUT2D eigenvalue weighted by Crippen LogP contribution is -2.45. The minimum atomic E-state index is -0.535. The smallest absolute Gasteiger partial charge is 0.410 e. The van der Waals surface area contributed by atoms with Gasteiger partial charge in [0, 0.05) is 20.1 Å². The van der Waals surface area contributed by atoms with Crippen molar-refractivity contribution >= 4 is 12.0 Å². The average Bonchev–Trinajstić information content (AvgIpc) is 3.07. The Morgan fingerprint density at radius 3 is 2.74 bits per heavy atom. The molecule has 3 rings (SSSR count). The Hall–Kier alpha value is -2.44. The Bertz CT molecular complexity index is 713. The number of carbonyl (C=O) groups excluding carboxylic acids is 2. The molecule has 1 saturated heterocycles. The van der Waals surface area contributed by atoms with Crippen LogP contribution < -0.4 is 9.47 Å². The molecule has 1 aromatic carbocycles. The van der Waals surface area contributed by atoms with E-state index < -0.39 is 5.60 Å². The largest absolute Gasteiger partial charge is 0.486 e. The maximum absolute atomic E-state index is 13.0. The van der Waals surface area contributed by atoms with Crippen molar-refractivity contribution in [3.05, 3.63) is 23.8 Å². The van der Waals surface area contributed by atoms with E-state index in [9.17, 15) is 9.59 Å². The summed E-state index contributed by atoms with van der Waals surface area (Å²) in [7, 11) is 1.75. The standard InChI is InChI=1S/C20H28N2O5/c1-20(2,3)27-19(24)22-10-6-7-14(22)13-21(4)18(23)15-8-5-9-16-17(15)26-12-11-25-16/h5,8-9,14H,6-7,10-13H2,1-4H3/t14-/m0/s1. The molecule has 0 N–H and O–H groups in total. The van der Waals surface area contributed by atoms with Crippen molar-refractivity contribution < 1.29 is 23.8 Å². The number of hydrogen-bond donors (Lipinski definition) is 0. The summed E-state index contributed by atoms with van der Waals surface area (Å²) in [6.07, 6.45) is 1.44. The van der Waals surface area contributed by atoms with Crippen LogP contribution in [0, 0.1) is 0 Å². The highest BCUT2D eigenvalue weighted by atomic mass is 16.6. The van der Waals surface area contributed by atoms with Crippen LogP contribution in [0.1, 0.15) is 44.0 Å². The van der Waals surface area contributed by atoms with Gasteiger partial charge < -0.3 is 24.0 Å². The molecule has 0 bridgehead atoms. The lowest BCUT2D eigenvalue weighted by atomic mass is 10.1. The number of benzene rings is 1. The number of para-hydroxylation sites is 1. The van der Waals surface area contributed by atoms with Crippen molar-refractivity contribution in [2.24, 2.45) is 0 Å². The molecule has 1 aromatic rings. The van der Waals surface area contributed by atoms with Gasteiger partial charge in [-0.25, -0.2) is 4.79 Å². The fourth-order valence-corrected chi connectivity index (χ4v) is 3.43. The van der Waals surface area contributed by atoms with E-state index in [1.165, 1.54) is 0 Å². The first-order valence-electron chi connectivity index (χ1n) is 9.40. The fourth-order valence-electron chi connectivity index (χ4n) is 3.43. The molecule has 0 aliphatic carbocycles. The SMILES string of the molecule is CN(C[C@@H]1CCCN1C(=O)OC(C)(C)C)C(=O)c1cccc2c1OCCO2. The van der Waals surface area contributed by atoms with Crippen LogP contribution in [-0.2, 0) is 4.74 Å².